The van der Waals surface area contributed by atoms with Crippen LogP contribution >= 0.6 is 0 Å². The van der Waals surface area contributed by atoms with Gasteiger partial charge in [-0.05, 0) is 26.0 Å². The highest BCUT2D eigenvalue weighted by Crippen LogP contribution is 2.31. The Labute approximate surface area is 125 Å². The zero-order valence-corrected chi connectivity index (χ0v) is 12.1. The highest BCUT2D eigenvalue weighted by atomic mass is 19.3. The molecular weight excluding hydrogens is 304 g/mol. The number of nitrogens with zero attached hydrogens (tertiary/aromatic N) is 1. The van der Waals surface area contributed by atoms with E-state index in [1.54, 1.807) is 13.8 Å². The Morgan fingerprint density at radius 2 is 2.09 bits per heavy atom. The molecular formula is C14H16F4N2O2. The molecule has 1 aliphatic heterocycles. The molecule has 22 heavy (non-hydrogen) atoms. The van der Waals surface area contributed by atoms with Gasteiger partial charge in [0.05, 0.1) is 12.2 Å². The third-order valence-electron chi connectivity index (χ3n) is 3.43. The molecule has 0 aromatic heterocycles. The average molecular weight is 320 g/mol. The molecule has 1 amide bonds. The smallest absolute Gasteiger partial charge is 0.412 e. The van der Waals surface area contributed by atoms with Crippen molar-refractivity contribution in [1.82, 2.24) is 4.90 Å². The first kappa shape index (κ1) is 16.5. The molecule has 1 N–H and O–H groups in total. The lowest BCUT2D eigenvalue weighted by atomic mass is 10.2. The van der Waals surface area contributed by atoms with Crippen molar-refractivity contribution in [3.05, 3.63) is 29.8 Å². The zero-order chi connectivity index (χ0) is 16.5. The Balaban J connectivity index is 2.00. The second kappa shape index (κ2) is 6.12. The molecule has 1 aromatic rings. The summed E-state index contributed by atoms with van der Waals surface area (Å²) >= 11 is 0. The van der Waals surface area contributed by atoms with Crippen LogP contribution in [0.15, 0.2) is 18.2 Å². The van der Waals surface area contributed by atoms with Gasteiger partial charge in [0.15, 0.2) is 6.10 Å². The van der Waals surface area contributed by atoms with Gasteiger partial charge in [0.2, 0.25) is 0 Å². The Morgan fingerprint density at radius 3 is 2.64 bits per heavy atom. The normalized spacial score (nSPS) is 21.1. The van der Waals surface area contributed by atoms with Crippen LogP contribution in [0.2, 0.25) is 0 Å². The predicted molar refractivity (Wildman–Crippen MR) is 71.9 cm³/mol. The number of carbonyl (C=O) groups is 1. The van der Waals surface area contributed by atoms with Crippen molar-refractivity contribution in [3.8, 4) is 0 Å². The van der Waals surface area contributed by atoms with Crippen molar-refractivity contribution in [2.24, 2.45) is 0 Å². The number of anilines is 1. The van der Waals surface area contributed by atoms with Crippen LogP contribution in [0.3, 0.4) is 0 Å². The summed E-state index contributed by atoms with van der Waals surface area (Å²) in [4.78, 5) is 13.1. The first-order valence-electron chi connectivity index (χ1n) is 6.73. The summed E-state index contributed by atoms with van der Waals surface area (Å²) in [6, 6.07) is 2.38. The molecule has 1 aliphatic rings. The Morgan fingerprint density at radius 1 is 1.41 bits per heavy atom. The van der Waals surface area contributed by atoms with Crippen LogP contribution < -0.4 is 5.32 Å². The molecule has 4 nitrogen and oxygen atoms in total. The number of benzene rings is 1. The lowest BCUT2D eigenvalue weighted by Gasteiger charge is -2.19. The summed E-state index contributed by atoms with van der Waals surface area (Å²) in [5, 5.41) is 1.99. The van der Waals surface area contributed by atoms with E-state index in [-0.39, 0.29) is 18.3 Å². The van der Waals surface area contributed by atoms with Gasteiger partial charge in [0.1, 0.15) is 11.6 Å². The van der Waals surface area contributed by atoms with Crippen LogP contribution in [-0.2, 0) is 4.74 Å². The van der Waals surface area contributed by atoms with Crippen molar-refractivity contribution < 1.29 is 27.1 Å². The summed E-state index contributed by atoms with van der Waals surface area (Å²) < 4.78 is 58.4. The van der Waals surface area contributed by atoms with E-state index in [2.05, 4.69) is 0 Å². The standard InChI is InChI=1S/C14H16F4N2O2/c1-8(2)20-6-12(14(17,18)7-20)22-13(21)19-11-4-3-9(15)5-10(11)16/h3-5,8,12H,6-7H2,1-2H3,(H,19,21)/t12-/m0/s1. The van der Waals surface area contributed by atoms with Crippen LogP contribution in [0.25, 0.3) is 0 Å². The fraction of sp³-hybridized carbons (Fsp3) is 0.500. The Bertz CT molecular complexity index is 566. The number of nitrogens with one attached hydrogen (secondary N) is 1. The molecule has 1 saturated heterocycles. The molecule has 8 heteroatoms. The fourth-order valence-electron chi connectivity index (χ4n) is 2.16. The van der Waals surface area contributed by atoms with Crippen molar-refractivity contribution in [2.45, 2.75) is 31.9 Å². The van der Waals surface area contributed by atoms with Crippen LogP contribution in [0, 0.1) is 11.6 Å². The van der Waals surface area contributed by atoms with Gasteiger partial charge in [-0.2, -0.15) is 0 Å². The van der Waals surface area contributed by atoms with Gasteiger partial charge in [-0.25, -0.2) is 22.4 Å². The third-order valence-corrected chi connectivity index (χ3v) is 3.43. The van der Waals surface area contributed by atoms with Crippen LogP contribution in [0.1, 0.15) is 13.8 Å². The van der Waals surface area contributed by atoms with E-state index >= 15 is 0 Å². The maximum Gasteiger partial charge on any atom is 0.412 e. The number of alkyl halides is 2. The van der Waals surface area contributed by atoms with Crippen LogP contribution in [-0.4, -0.2) is 42.2 Å². The van der Waals surface area contributed by atoms with Gasteiger partial charge in [-0.3, -0.25) is 10.2 Å². The predicted octanol–water partition coefficient (Wildman–Crippen LogP) is 3.24. The van der Waals surface area contributed by atoms with Crippen molar-refractivity contribution in [2.75, 3.05) is 18.4 Å². The van der Waals surface area contributed by atoms with Gasteiger partial charge < -0.3 is 4.74 Å². The first-order valence-corrected chi connectivity index (χ1v) is 6.73. The molecule has 1 fully saturated rings. The van der Waals surface area contributed by atoms with Crippen molar-refractivity contribution in [1.29, 1.82) is 0 Å². The molecule has 0 bridgehead atoms. The summed E-state index contributed by atoms with van der Waals surface area (Å²) in [5.74, 6) is -5.01. The summed E-state index contributed by atoms with van der Waals surface area (Å²) in [6.45, 7) is 2.90. The summed E-state index contributed by atoms with van der Waals surface area (Å²) in [5.41, 5.74) is -0.339. The summed E-state index contributed by atoms with van der Waals surface area (Å²) in [7, 11) is 0. The summed E-state index contributed by atoms with van der Waals surface area (Å²) in [6.07, 6.45) is -2.82. The second-order valence-corrected chi connectivity index (χ2v) is 5.43. The lowest BCUT2D eigenvalue weighted by Crippen LogP contribution is -2.37. The van der Waals surface area contributed by atoms with Gasteiger partial charge >= 0.3 is 6.09 Å². The van der Waals surface area contributed by atoms with E-state index in [9.17, 15) is 22.4 Å². The zero-order valence-electron chi connectivity index (χ0n) is 12.1. The Hall–Kier alpha value is -1.83. The maximum atomic E-state index is 13.8. The molecule has 1 heterocycles. The van der Waals surface area contributed by atoms with Gasteiger partial charge in [0.25, 0.3) is 5.92 Å². The van der Waals surface area contributed by atoms with E-state index in [1.165, 1.54) is 4.90 Å². The minimum absolute atomic E-state index is 0.107. The minimum atomic E-state index is -3.18. The van der Waals surface area contributed by atoms with Gasteiger partial charge in [-0.1, -0.05) is 0 Å². The number of amides is 1. The van der Waals surface area contributed by atoms with Crippen LogP contribution in [0.5, 0.6) is 0 Å². The molecule has 122 valence electrons. The molecule has 0 saturated carbocycles. The number of ether oxygens (including phenoxy) is 1. The first-order chi connectivity index (χ1) is 10.2. The largest absolute Gasteiger partial charge is 0.438 e. The van der Waals surface area contributed by atoms with Gasteiger partial charge in [-0.15, -0.1) is 0 Å². The third kappa shape index (κ3) is 3.68. The number of rotatable bonds is 3. The van der Waals surface area contributed by atoms with Gasteiger partial charge in [0, 0.05) is 18.7 Å². The molecule has 1 atom stereocenters. The minimum Gasteiger partial charge on any atom is -0.438 e. The Kier molecular flexibility index (Phi) is 4.60. The number of halogens is 4. The highest BCUT2D eigenvalue weighted by molar-refractivity contribution is 5.84. The number of likely N-dealkylation sites (tertiary alicyclic amines) is 1. The fourth-order valence-corrected chi connectivity index (χ4v) is 2.16. The maximum absolute atomic E-state index is 13.8. The topological polar surface area (TPSA) is 41.6 Å². The van der Waals surface area contributed by atoms with E-state index in [0.29, 0.717) is 6.07 Å². The van der Waals surface area contributed by atoms with E-state index in [4.69, 9.17) is 4.74 Å². The van der Waals surface area contributed by atoms with E-state index in [0.717, 1.165) is 12.1 Å². The molecule has 0 spiro atoms. The molecule has 0 radical (unpaired) electrons. The SMILES string of the molecule is CC(C)N1C[C@H](OC(=O)Nc2ccc(F)cc2F)C(F)(F)C1. The van der Waals surface area contributed by atoms with E-state index < -0.39 is 36.3 Å². The average Bonchev–Trinajstić information content (AvgIpc) is 2.69. The van der Waals surface area contributed by atoms with Crippen molar-refractivity contribution >= 4 is 11.8 Å². The second-order valence-electron chi connectivity index (χ2n) is 5.43. The molecule has 1 aromatic carbocycles. The lowest BCUT2D eigenvalue weighted by molar-refractivity contribution is -0.0755. The van der Waals surface area contributed by atoms with E-state index in [1.807, 2.05) is 5.32 Å². The molecule has 2 rings (SSSR count). The molecule has 0 aliphatic carbocycles. The quantitative estimate of drug-likeness (QED) is 0.869. The monoisotopic (exact) mass is 320 g/mol. The number of hydrogen-bond donors (Lipinski definition) is 1. The molecule has 0 unspecified atom stereocenters. The highest BCUT2D eigenvalue weighted by Gasteiger charge is 2.51. The van der Waals surface area contributed by atoms with Crippen molar-refractivity contribution in [3.63, 3.8) is 0 Å². The number of carbonyl (C=O) groups excluding carboxylic acids is 1. The van der Waals surface area contributed by atoms with Crippen LogP contribution in [0.4, 0.5) is 28.0 Å². The number of hydrogen-bond acceptors (Lipinski definition) is 3.